The van der Waals surface area contributed by atoms with Gasteiger partial charge in [-0.3, -0.25) is 0 Å². The first-order valence-corrected chi connectivity index (χ1v) is 9.26. The Hall–Kier alpha value is -0.600. The summed E-state index contributed by atoms with van der Waals surface area (Å²) in [7, 11) is 0. The lowest BCUT2D eigenvalue weighted by Crippen LogP contribution is -2.21. The van der Waals surface area contributed by atoms with Crippen LogP contribution in [0.1, 0.15) is 84.0 Å². The van der Waals surface area contributed by atoms with E-state index in [1.54, 1.807) is 12.2 Å². The van der Waals surface area contributed by atoms with Gasteiger partial charge in [0.05, 0.1) is 18.8 Å². The summed E-state index contributed by atoms with van der Waals surface area (Å²) in [6, 6.07) is 0. The summed E-state index contributed by atoms with van der Waals surface area (Å²) in [5.74, 6) is 0. The molecule has 0 bridgehead atoms. The van der Waals surface area contributed by atoms with Gasteiger partial charge in [0.1, 0.15) is 0 Å². The standard InChI is InChI=1S/C20H38O2/c1-4-7-8-9-10-11-12-13-14-16-20(22-17-6-3)18-19(21)15-5-2/h5-6,19-21H,2-4,7-18H2,1H3. The Bertz CT molecular complexity index is 250. The largest absolute Gasteiger partial charge is 0.393 e. The molecule has 2 atom stereocenters. The van der Waals surface area contributed by atoms with Crippen LogP contribution in [0.15, 0.2) is 25.3 Å². The maximum Gasteiger partial charge on any atom is 0.0648 e. The van der Waals surface area contributed by atoms with Crippen molar-refractivity contribution in [3.63, 3.8) is 0 Å². The predicted molar refractivity (Wildman–Crippen MR) is 97.2 cm³/mol. The summed E-state index contributed by atoms with van der Waals surface area (Å²) < 4.78 is 5.77. The van der Waals surface area contributed by atoms with Gasteiger partial charge in [-0.05, 0) is 19.3 Å². The van der Waals surface area contributed by atoms with Crippen LogP contribution in [0.2, 0.25) is 0 Å². The zero-order valence-electron chi connectivity index (χ0n) is 14.8. The molecule has 0 aromatic rings. The quantitative estimate of drug-likeness (QED) is 0.271. The van der Waals surface area contributed by atoms with Crippen LogP contribution in [0, 0.1) is 0 Å². The number of hydrogen-bond donors (Lipinski definition) is 1. The Kier molecular flexibility index (Phi) is 16.3. The molecule has 0 saturated heterocycles. The van der Waals surface area contributed by atoms with Crippen molar-refractivity contribution >= 4 is 0 Å². The van der Waals surface area contributed by atoms with Gasteiger partial charge in [0, 0.05) is 0 Å². The SMILES string of the molecule is C=CCOC(CCCCCCCCCCC)CC(O)CC=C. The number of ether oxygens (including phenoxy) is 1. The summed E-state index contributed by atoms with van der Waals surface area (Å²) >= 11 is 0. The minimum atomic E-state index is -0.328. The minimum Gasteiger partial charge on any atom is -0.393 e. The minimum absolute atomic E-state index is 0.150. The van der Waals surface area contributed by atoms with Gasteiger partial charge in [-0.25, -0.2) is 0 Å². The molecule has 2 heteroatoms. The molecule has 0 saturated carbocycles. The Morgan fingerprint density at radius 2 is 1.50 bits per heavy atom. The van der Waals surface area contributed by atoms with E-state index in [9.17, 15) is 5.11 Å². The van der Waals surface area contributed by atoms with Crippen molar-refractivity contribution in [1.82, 2.24) is 0 Å². The maximum absolute atomic E-state index is 9.89. The Balaban J connectivity index is 3.65. The smallest absolute Gasteiger partial charge is 0.0648 e. The molecule has 130 valence electrons. The average molecular weight is 311 g/mol. The van der Waals surface area contributed by atoms with E-state index in [4.69, 9.17) is 4.74 Å². The van der Waals surface area contributed by atoms with E-state index in [2.05, 4.69) is 20.1 Å². The lowest BCUT2D eigenvalue weighted by molar-refractivity contribution is 0.0223. The Labute approximate surface area is 138 Å². The summed E-state index contributed by atoms with van der Waals surface area (Å²) in [6.07, 6.45) is 17.8. The second-order valence-corrected chi connectivity index (χ2v) is 6.28. The van der Waals surface area contributed by atoms with Gasteiger partial charge in [0.25, 0.3) is 0 Å². The molecule has 0 aliphatic carbocycles. The highest BCUT2D eigenvalue weighted by molar-refractivity contribution is 4.76. The fourth-order valence-electron chi connectivity index (χ4n) is 2.75. The highest BCUT2D eigenvalue weighted by Gasteiger charge is 2.13. The number of rotatable bonds is 17. The van der Waals surface area contributed by atoms with Gasteiger partial charge in [-0.15, -0.1) is 13.2 Å². The third kappa shape index (κ3) is 14.3. The molecule has 2 unspecified atom stereocenters. The maximum atomic E-state index is 9.89. The van der Waals surface area contributed by atoms with E-state index in [-0.39, 0.29) is 12.2 Å². The van der Waals surface area contributed by atoms with Crippen LogP contribution < -0.4 is 0 Å². The molecule has 0 rings (SSSR count). The molecule has 0 spiro atoms. The molecule has 22 heavy (non-hydrogen) atoms. The lowest BCUT2D eigenvalue weighted by atomic mass is 10.0. The van der Waals surface area contributed by atoms with Crippen molar-refractivity contribution in [3.05, 3.63) is 25.3 Å². The molecule has 0 aliphatic rings. The van der Waals surface area contributed by atoms with Crippen LogP contribution in [-0.4, -0.2) is 23.9 Å². The third-order valence-electron chi connectivity index (χ3n) is 4.05. The number of hydrogen-bond acceptors (Lipinski definition) is 2. The van der Waals surface area contributed by atoms with Gasteiger partial charge in [-0.2, -0.15) is 0 Å². The second-order valence-electron chi connectivity index (χ2n) is 6.28. The summed E-state index contributed by atoms with van der Waals surface area (Å²) in [5, 5.41) is 9.89. The van der Waals surface area contributed by atoms with E-state index < -0.39 is 0 Å². The van der Waals surface area contributed by atoms with Crippen molar-refractivity contribution < 1.29 is 9.84 Å². The average Bonchev–Trinajstić information content (AvgIpc) is 2.51. The number of unbranched alkanes of at least 4 members (excludes halogenated alkanes) is 8. The Morgan fingerprint density at radius 3 is 2.05 bits per heavy atom. The normalized spacial score (nSPS) is 13.7. The molecule has 0 fully saturated rings. The molecule has 1 N–H and O–H groups in total. The first-order chi connectivity index (χ1) is 10.7. The van der Waals surface area contributed by atoms with Crippen LogP contribution >= 0.6 is 0 Å². The topological polar surface area (TPSA) is 29.5 Å². The first kappa shape index (κ1) is 21.4. The van der Waals surface area contributed by atoms with Crippen molar-refractivity contribution in [2.24, 2.45) is 0 Å². The molecular weight excluding hydrogens is 272 g/mol. The zero-order valence-corrected chi connectivity index (χ0v) is 14.8. The van der Waals surface area contributed by atoms with Crippen LogP contribution in [0.5, 0.6) is 0 Å². The van der Waals surface area contributed by atoms with E-state index in [1.807, 2.05) is 0 Å². The van der Waals surface area contributed by atoms with Gasteiger partial charge >= 0.3 is 0 Å². The first-order valence-electron chi connectivity index (χ1n) is 9.26. The summed E-state index contributed by atoms with van der Waals surface area (Å²) in [5.41, 5.74) is 0. The highest BCUT2D eigenvalue weighted by Crippen LogP contribution is 2.16. The van der Waals surface area contributed by atoms with Gasteiger partial charge in [-0.1, -0.05) is 76.9 Å². The summed E-state index contributed by atoms with van der Waals surface area (Å²) in [6.45, 7) is 10.2. The van der Waals surface area contributed by atoms with Crippen molar-refractivity contribution in [2.45, 2.75) is 96.2 Å². The number of aliphatic hydroxyl groups excluding tert-OH is 1. The molecule has 0 aliphatic heterocycles. The van der Waals surface area contributed by atoms with E-state index in [1.165, 1.54) is 57.8 Å². The summed E-state index contributed by atoms with van der Waals surface area (Å²) in [4.78, 5) is 0. The van der Waals surface area contributed by atoms with Gasteiger partial charge < -0.3 is 9.84 Å². The molecular formula is C20H38O2. The fourth-order valence-corrected chi connectivity index (χ4v) is 2.75. The van der Waals surface area contributed by atoms with Crippen molar-refractivity contribution in [2.75, 3.05) is 6.61 Å². The van der Waals surface area contributed by atoms with E-state index in [0.717, 1.165) is 6.42 Å². The monoisotopic (exact) mass is 310 g/mol. The van der Waals surface area contributed by atoms with Crippen molar-refractivity contribution in [1.29, 1.82) is 0 Å². The molecule has 0 heterocycles. The molecule has 0 aromatic heterocycles. The predicted octanol–water partition coefficient (Wildman–Crippen LogP) is 5.81. The Morgan fingerprint density at radius 1 is 0.909 bits per heavy atom. The lowest BCUT2D eigenvalue weighted by Gasteiger charge is -2.19. The number of aliphatic hydroxyl groups is 1. The highest BCUT2D eigenvalue weighted by atomic mass is 16.5. The van der Waals surface area contributed by atoms with Crippen LogP contribution in [0.25, 0.3) is 0 Å². The zero-order chi connectivity index (χ0) is 16.5. The van der Waals surface area contributed by atoms with Gasteiger partial charge in [0.2, 0.25) is 0 Å². The molecule has 2 nitrogen and oxygen atoms in total. The second kappa shape index (κ2) is 16.8. The fraction of sp³-hybridized carbons (Fsp3) is 0.800. The molecule has 0 radical (unpaired) electrons. The van der Waals surface area contributed by atoms with Gasteiger partial charge in [0.15, 0.2) is 0 Å². The van der Waals surface area contributed by atoms with Crippen LogP contribution in [0.3, 0.4) is 0 Å². The van der Waals surface area contributed by atoms with Crippen LogP contribution in [0.4, 0.5) is 0 Å². The molecule has 0 aromatic carbocycles. The molecule has 0 amide bonds. The van der Waals surface area contributed by atoms with E-state index in [0.29, 0.717) is 19.4 Å². The van der Waals surface area contributed by atoms with Crippen molar-refractivity contribution in [3.8, 4) is 0 Å². The third-order valence-corrected chi connectivity index (χ3v) is 4.05. The van der Waals surface area contributed by atoms with Crippen LogP contribution in [-0.2, 0) is 4.74 Å². The van der Waals surface area contributed by atoms with E-state index >= 15 is 0 Å².